The summed E-state index contributed by atoms with van der Waals surface area (Å²) < 4.78 is 21.2. The Morgan fingerprint density at radius 2 is 2.17 bits per heavy atom. The highest BCUT2D eigenvalue weighted by molar-refractivity contribution is 6.05. The molecule has 7 nitrogen and oxygen atoms in total. The average Bonchev–Trinajstić information content (AvgIpc) is 3.45. The molecule has 0 N–H and O–H groups in total. The Bertz CT molecular complexity index is 1210. The minimum atomic E-state index is -0.958. The fraction of sp³-hybridized carbons (Fsp3) is 0.364. The number of carbonyl (C=O) groups is 1. The summed E-state index contributed by atoms with van der Waals surface area (Å²) in [5, 5.41) is 14.2. The molecular weight excluding hydrogens is 385 g/mol. The Labute approximate surface area is 172 Å². The van der Waals surface area contributed by atoms with Gasteiger partial charge in [-0.05, 0) is 30.9 Å². The van der Waals surface area contributed by atoms with Gasteiger partial charge in [-0.15, -0.1) is 0 Å². The van der Waals surface area contributed by atoms with Gasteiger partial charge in [-0.25, -0.2) is 13.9 Å². The van der Waals surface area contributed by atoms with Crippen molar-refractivity contribution < 1.29 is 13.9 Å². The Morgan fingerprint density at radius 3 is 2.87 bits per heavy atom. The van der Waals surface area contributed by atoms with Gasteiger partial charge < -0.3 is 9.64 Å². The van der Waals surface area contributed by atoms with Crippen LogP contribution in [0, 0.1) is 34.4 Å². The van der Waals surface area contributed by atoms with Crippen molar-refractivity contribution in [2.75, 3.05) is 18.6 Å². The number of pyridine rings is 1. The molecule has 1 amide bonds. The Balaban J connectivity index is 1.61. The smallest absolute Gasteiger partial charge is 0.248 e. The summed E-state index contributed by atoms with van der Waals surface area (Å²) in [6, 6.07) is 7.45. The average molecular weight is 405 g/mol. The van der Waals surface area contributed by atoms with E-state index >= 15 is 0 Å². The highest BCUT2D eigenvalue weighted by atomic mass is 19.1. The first-order valence-corrected chi connectivity index (χ1v) is 9.90. The predicted octanol–water partition coefficient (Wildman–Crippen LogP) is 3.45. The lowest BCUT2D eigenvalue weighted by molar-refractivity contribution is -0.124. The molecule has 5 rings (SSSR count). The summed E-state index contributed by atoms with van der Waals surface area (Å²) in [7, 11) is 1.47. The molecule has 2 aliphatic rings. The number of nitriles is 1. The van der Waals surface area contributed by atoms with Gasteiger partial charge in [0.05, 0.1) is 30.6 Å². The Kier molecular flexibility index (Phi) is 4.03. The number of nitrogens with zero attached hydrogens (tertiary/aromatic N) is 5. The maximum Gasteiger partial charge on any atom is 0.248 e. The van der Waals surface area contributed by atoms with Gasteiger partial charge in [-0.1, -0.05) is 6.92 Å². The van der Waals surface area contributed by atoms with Crippen molar-refractivity contribution in [2.45, 2.75) is 19.8 Å². The van der Waals surface area contributed by atoms with Crippen LogP contribution in [0.5, 0.6) is 5.88 Å². The van der Waals surface area contributed by atoms with Crippen molar-refractivity contribution in [3.63, 3.8) is 0 Å². The van der Waals surface area contributed by atoms with Gasteiger partial charge in [0.1, 0.15) is 11.2 Å². The van der Waals surface area contributed by atoms with Crippen LogP contribution in [0.15, 0.2) is 36.8 Å². The molecule has 1 saturated heterocycles. The molecule has 0 aromatic carbocycles. The summed E-state index contributed by atoms with van der Waals surface area (Å²) in [4.78, 5) is 19.0. The SMILES string of the molecule is COc1cc(-c2cc3c(N4C[C@@H](C)[C@@](C#N)(C5CC5)C4=O)ccnn3c2)c(F)cn1. The summed E-state index contributed by atoms with van der Waals surface area (Å²) >= 11 is 0. The number of aromatic nitrogens is 3. The minimum absolute atomic E-state index is 0.0629. The number of amides is 1. The monoisotopic (exact) mass is 405 g/mol. The molecule has 0 spiro atoms. The summed E-state index contributed by atoms with van der Waals surface area (Å²) in [5.41, 5.74) is 1.32. The number of ether oxygens (including phenoxy) is 1. The second-order valence-electron chi connectivity index (χ2n) is 8.05. The fourth-order valence-corrected chi connectivity index (χ4v) is 4.64. The number of halogens is 1. The van der Waals surface area contributed by atoms with Crippen molar-refractivity contribution in [1.29, 1.82) is 5.26 Å². The molecule has 1 aliphatic heterocycles. The van der Waals surface area contributed by atoms with Crippen LogP contribution in [0.1, 0.15) is 19.8 Å². The molecular formula is C22H20FN5O2. The van der Waals surface area contributed by atoms with Gasteiger partial charge in [0.2, 0.25) is 11.8 Å². The van der Waals surface area contributed by atoms with Crippen LogP contribution in [0.3, 0.4) is 0 Å². The molecule has 30 heavy (non-hydrogen) atoms. The molecule has 1 saturated carbocycles. The maximum absolute atomic E-state index is 14.4. The van der Waals surface area contributed by atoms with Crippen LogP contribution in [0.4, 0.5) is 10.1 Å². The third-order valence-corrected chi connectivity index (χ3v) is 6.37. The number of carbonyl (C=O) groups excluding carboxylic acids is 1. The van der Waals surface area contributed by atoms with E-state index in [-0.39, 0.29) is 17.7 Å². The molecule has 8 heteroatoms. The second kappa shape index (κ2) is 6.52. The van der Waals surface area contributed by atoms with E-state index in [1.807, 2.05) is 6.92 Å². The minimum Gasteiger partial charge on any atom is -0.481 e. The molecule has 0 radical (unpaired) electrons. The molecule has 3 aromatic rings. The summed E-state index contributed by atoms with van der Waals surface area (Å²) in [5.74, 6) is -0.244. The molecule has 0 unspecified atom stereocenters. The molecule has 2 atom stereocenters. The number of methoxy groups -OCH3 is 1. The Hall–Kier alpha value is -3.47. The molecule has 2 fully saturated rings. The van der Waals surface area contributed by atoms with Gasteiger partial charge in [0.25, 0.3) is 0 Å². The zero-order chi connectivity index (χ0) is 21.0. The van der Waals surface area contributed by atoms with E-state index < -0.39 is 11.2 Å². The van der Waals surface area contributed by atoms with Gasteiger partial charge in [0, 0.05) is 42.0 Å². The highest BCUT2D eigenvalue weighted by Crippen LogP contribution is 2.54. The standard InChI is InChI=1S/C22H20FN5O2/c1-13-10-27(21(29)22(13,12-24)15-3-4-15)18-5-6-26-28-11-14(7-19(18)28)16-8-20(30-2)25-9-17(16)23/h5-9,11,13,15H,3-4,10H2,1-2H3/t13-,22+/m1/s1. The highest BCUT2D eigenvalue weighted by Gasteiger charge is 2.61. The number of hydrogen-bond donors (Lipinski definition) is 0. The molecule has 152 valence electrons. The number of fused-ring (bicyclic) bond motifs is 1. The summed E-state index contributed by atoms with van der Waals surface area (Å²) in [6.07, 6.45) is 6.27. The van der Waals surface area contributed by atoms with E-state index in [9.17, 15) is 14.4 Å². The van der Waals surface area contributed by atoms with Crippen molar-refractivity contribution in [1.82, 2.24) is 14.6 Å². The van der Waals surface area contributed by atoms with Crippen LogP contribution < -0.4 is 9.64 Å². The third kappa shape index (κ3) is 2.51. The molecule has 4 heterocycles. The van der Waals surface area contributed by atoms with Crippen molar-refractivity contribution in [3.8, 4) is 23.1 Å². The normalized spacial score (nSPS) is 23.7. The topological polar surface area (TPSA) is 83.5 Å². The van der Waals surface area contributed by atoms with E-state index in [0.29, 0.717) is 34.8 Å². The quantitative estimate of drug-likeness (QED) is 0.664. The number of rotatable bonds is 4. The van der Waals surface area contributed by atoms with E-state index in [1.54, 1.807) is 33.9 Å². The zero-order valence-corrected chi connectivity index (χ0v) is 16.7. The van der Waals surface area contributed by atoms with Crippen LogP contribution in [-0.2, 0) is 4.79 Å². The van der Waals surface area contributed by atoms with Crippen LogP contribution >= 0.6 is 0 Å². The lowest BCUT2D eigenvalue weighted by atomic mass is 9.75. The largest absolute Gasteiger partial charge is 0.481 e. The van der Waals surface area contributed by atoms with E-state index in [2.05, 4.69) is 16.2 Å². The lowest BCUT2D eigenvalue weighted by Gasteiger charge is -2.23. The zero-order valence-electron chi connectivity index (χ0n) is 16.7. The van der Waals surface area contributed by atoms with E-state index in [1.165, 1.54) is 13.2 Å². The molecule has 0 bridgehead atoms. The predicted molar refractivity (Wildman–Crippen MR) is 107 cm³/mol. The van der Waals surface area contributed by atoms with E-state index in [0.717, 1.165) is 19.0 Å². The van der Waals surface area contributed by atoms with Gasteiger partial charge in [-0.3, -0.25) is 4.79 Å². The maximum atomic E-state index is 14.4. The lowest BCUT2D eigenvalue weighted by Crippen LogP contribution is -2.37. The van der Waals surface area contributed by atoms with Crippen molar-refractivity contribution >= 4 is 17.1 Å². The first-order chi connectivity index (χ1) is 14.5. The number of anilines is 1. The van der Waals surface area contributed by atoms with E-state index in [4.69, 9.17) is 4.74 Å². The molecule has 3 aromatic heterocycles. The third-order valence-electron chi connectivity index (χ3n) is 6.37. The summed E-state index contributed by atoms with van der Waals surface area (Å²) in [6.45, 7) is 2.44. The first-order valence-electron chi connectivity index (χ1n) is 9.90. The van der Waals surface area contributed by atoms with Crippen LogP contribution in [-0.4, -0.2) is 34.2 Å². The van der Waals surface area contributed by atoms with Gasteiger partial charge in [0.15, 0.2) is 0 Å². The fourth-order valence-electron chi connectivity index (χ4n) is 4.64. The molecule has 1 aliphatic carbocycles. The second-order valence-corrected chi connectivity index (χ2v) is 8.05. The van der Waals surface area contributed by atoms with Gasteiger partial charge >= 0.3 is 0 Å². The van der Waals surface area contributed by atoms with Crippen molar-refractivity contribution in [3.05, 3.63) is 42.6 Å². The van der Waals surface area contributed by atoms with Gasteiger partial charge in [-0.2, -0.15) is 10.4 Å². The first kappa shape index (κ1) is 18.6. The number of hydrogen-bond acceptors (Lipinski definition) is 5. The Morgan fingerprint density at radius 1 is 1.37 bits per heavy atom. The van der Waals surface area contributed by atoms with Crippen LogP contribution in [0.25, 0.3) is 16.6 Å². The van der Waals surface area contributed by atoms with Crippen molar-refractivity contribution in [2.24, 2.45) is 17.3 Å². The van der Waals surface area contributed by atoms with Crippen LogP contribution in [0.2, 0.25) is 0 Å².